The number of fused-ring (bicyclic) bond motifs is 1. The van der Waals surface area contributed by atoms with Crippen LogP contribution in [0.3, 0.4) is 0 Å². The van der Waals surface area contributed by atoms with Crippen LogP contribution >= 0.6 is 11.8 Å². The van der Waals surface area contributed by atoms with Crippen molar-refractivity contribution in [1.82, 2.24) is 4.90 Å². The number of thioether (sulfide) groups is 1. The average Bonchev–Trinajstić information content (AvgIpc) is 3.38. The molecule has 2 aliphatic rings. The van der Waals surface area contributed by atoms with E-state index in [4.69, 9.17) is 14.5 Å². The molecule has 4 aromatic carbocycles. The number of amides is 1. The summed E-state index contributed by atoms with van der Waals surface area (Å²) in [6.45, 7) is 11.6. The standard InChI is InChI=1S/C39H41N3O3S/c1-4-13-30-24-28(25-35(44-6-3)37(30)45-27-31-16-12-15-29-14-8-9-17-34(29)31)26-36-38(43)42(5-2)39(46-36)40-32-18-20-33(21-19-32)41-22-10-7-11-23-41/h4,8-9,12,14-21,24-26H,1,5-7,10-11,13,22-23,27H2,2-3H3/b36-26-,40-39?. The molecule has 1 amide bonds. The maximum absolute atomic E-state index is 13.5. The van der Waals surface area contributed by atoms with Gasteiger partial charge in [-0.15, -0.1) is 6.58 Å². The number of piperidine rings is 1. The number of anilines is 1. The number of amidine groups is 1. The van der Waals surface area contributed by atoms with Crippen molar-refractivity contribution in [2.45, 2.75) is 46.1 Å². The lowest BCUT2D eigenvalue weighted by atomic mass is 10.0. The van der Waals surface area contributed by atoms with Crippen molar-refractivity contribution >= 4 is 51.1 Å². The Morgan fingerprint density at radius 1 is 0.913 bits per heavy atom. The Morgan fingerprint density at radius 2 is 1.70 bits per heavy atom. The Morgan fingerprint density at radius 3 is 2.46 bits per heavy atom. The van der Waals surface area contributed by atoms with Crippen LogP contribution in [0.5, 0.6) is 11.5 Å². The number of carbonyl (C=O) groups excluding carboxylic acids is 1. The second kappa shape index (κ2) is 14.7. The van der Waals surface area contributed by atoms with Crippen molar-refractivity contribution in [2.75, 3.05) is 31.1 Å². The van der Waals surface area contributed by atoms with Gasteiger partial charge in [-0.25, -0.2) is 4.99 Å². The minimum absolute atomic E-state index is 0.0456. The number of benzene rings is 4. The summed E-state index contributed by atoms with van der Waals surface area (Å²) in [5.41, 5.74) is 5.01. The Hall–Kier alpha value is -4.49. The number of nitrogens with zero attached hydrogens (tertiary/aromatic N) is 3. The first-order valence-corrected chi connectivity index (χ1v) is 17.0. The van der Waals surface area contributed by atoms with Crippen LogP contribution < -0.4 is 14.4 Å². The molecule has 0 radical (unpaired) electrons. The largest absolute Gasteiger partial charge is 0.490 e. The fourth-order valence-corrected chi connectivity index (χ4v) is 7.15. The number of aliphatic imine (C=N–C) groups is 1. The van der Waals surface area contributed by atoms with Crippen LogP contribution in [0.4, 0.5) is 11.4 Å². The predicted octanol–water partition coefficient (Wildman–Crippen LogP) is 9.16. The molecule has 0 N–H and O–H groups in total. The molecule has 2 fully saturated rings. The van der Waals surface area contributed by atoms with E-state index in [1.807, 2.05) is 56.3 Å². The minimum atomic E-state index is -0.0456. The van der Waals surface area contributed by atoms with Crippen molar-refractivity contribution < 1.29 is 14.3 Å². The molecular weight excluding hydrogens is 591 g/mol. The molecule has 2 aliphatic heterocycles. The van der Waals surface area contributed by atoms with Crippen LogP contribution in [-0.4, -0.2) is 42.2 Å². The number of hydrogen-bond acceptors (Lipinski definition) is 6. The van der Waals surface area contributed by atoms with Crippen LogP contribution in [0.15, 0.2) is 101 Å². The fourth-order valence-electron chi connectivity index (χ4n) is 6.09. The molecule has 236 valence electrons. The number of carbonyl (C=O) groups is 1. The van der Waals surface area contributed by atoms with E-state index in [9.17, 15) is 4.79 Å². The van der Waals surface area contributed by atoms with E-state index in [-0.39, 0.29) is 5.91 Å². The number of ether oxygens (including phenoxy) is 2. The molecular formula is C39H41N3O3S. The Kier molecular flexibility index (Phi) is 10.1. The third-order valence-corrected chi connectivity index (χ3v) is 9.37. The zero-order valence-electron chi connectivity index (χ0n) is 26.7. The molecule has 0 saturated carbocycles. The first-order chi connectivity index (χ1) is 22.6. The van der Waals surface area contributed by atoms with Gasteiger partial charge >= 0.3 is 0 Å². The van der Waals surface area contributed by atoms with Crippen LogP contribution in [0.1, 0.15) is 49.8 Å². The van der Waals surface area contributed by atoms with Gasteiger partial charge in [-0.2, -0.15) is 0 Å². The summed E-state index contributed by atoms with van der Waals surface area (Å²) >= 11 is 1.41. The number of likely N-dealkylation sites (N-methyl/N-ethyl adjacent to an activating group) is 1. The van der Waals surface area contributed by atoms with Gasteiger partial charge in [0.1, 0.15) is 6.61 Å². The molecule has 2 saturated heterocycles. The van der Waals surface area contributed by atoms with Gasteiger partial charge < -0.3 is 14.4 Å². The molecule has 4 aromatic rings. The zero-order valence-corrected chi connectivity index (χ0v) is 27.5. The SMILES string of the molecule is C=CCc1cc(/C=C2\SC(=Nc3ccc(N4CCCCC4)cc3)N(CC)C2=O)cc(OCC)c1OCc1cccc2ccccc12. The van der Waals surface area contributed by atoms with E-state index in [0.29, 0.717) is 47.8 Å². The van der Waals surface area contributed by atoms with Gasteiger partial charge in [0.05, 0.1) is 17.2 Å². The first kappa shape index (κ1) is 31.5. The highest BCUT2D eigenvalue weighted by Gasteiger charge is 2.32. The number of rotatable bonds is 11. The summed E-state index contributed by atoms with van der Waals surface area (Å²) in [6, 6.07) is 27.0. The molecule has 0 aliphatic carbocycles. The summed E-state index contributed by atoms with van der Waals surface area (Å²) in [5.74, 6) is 1.31. The van der Waals surface area contributed by atoms with E-state index in [1.54, 1.807) is 4.90 Å². The maximum atomic E-state index is 13.5. The van der Waals surface area contributed by atoms with Crippen molar-refractivity contribution in [1.29, 1.82) is 0 Å². The van der Waals surface area contributed by atoms with Crippen LogP contribution in [0.2, 0.25) is 0 Å². The van der Waals surface area contributed by atoms with Gasteiger partial charge in [0.15, 0.2) is 16.7 Å². The molecule has 2 heterocycles. The van der Waals surface area contributed by atoms with Crippen molar-refractivity contribution in [3.63, 3.8) is 0 Å². The van der Waals surface area contributed by atoms with E-state index < -0.39 is 0 Å². The summed E-state index contributed by atoms with van der Waals surface area (Å²) in [4.78, 5) is 23.2. The molecule has 6 nitrogen and oxygen atoms in total. The maximum Gasteiger partial charge on any atom is 0.266 e. The van der Waals surface area contributed by atoms with E-state index in [1.165, 1.54) is 47.5 Å². The van der Waals surface area contributed by atoms with Crippen molar-refractivity contribution in [2.24, 2.45) is 4.99 Å². The molecule has 0 atom stereocenters. The van der Waals surface area contributed by atoms with Gasteiger partial charge in [0.25, 0.3) is 5.91 Å². The smallest absolute Gasteiger partial charge is 0.266 e. The Labute approximate surface area is 276 Å². The second-order valence-electron chi connectivity index (χ2n) is 11.5. The van der Waals surface area contributed by atoms with Crippen LogP contribution in [-0.2, 0) is 17.8 Å². The normalized spacial score (nSPS) is 16.9. The first-order valence-electron chi connectivity index (χ1n) is 16.2. The molecule has 0 aromatic heterocycles. The highest BCUT2D eigenvalue weighted by Crippen LogP contribution is 2.39. The summed E-state index contributed by atoms with van der Waals surface area (Å²) in [6.07, 6.45) is 8.19. The van der Waals surface area contributed by atoms with E-state index >= 15 is 0 Å². The second-order valence-corrected chi connectivity index (χ2v) is 12.5. The van der Waals surface area contributed by atoms with Crippen LogP contribution in [0, 0.1) is 0 Å². The average molecular weight is 632 g/mol. The minimum Gasteiger partial charge on any atom is -0.490 e. The topological polar surface area (TPSA) is 54.4 Å². The van der Waals surface area contributed by atoms with Gasteiger partial charge in [0.2, 0.25) is 0 Å². The Bertz CT molecular complexity index is 1770. The monoisotopic (exact) mass is 631 g/mol. The molecule has 0 bridgehead atoms. The molecule has 0 spiro atoms. The third-order valence-electron chi connectivity index (χ3n) is 8.37. The van der Waals surface area contributed by atoms with Gasteiger partial charge in [0, 0.05) is 30.9 Å². The third kappa shape index (κ3) is 7.00. The molecule has 46 heavy (non-hydrogen) atoms. The summed E-state index contributed by atoms with van der Waals surface area (Å²) in [5, 5.41) is 3.04. The highest BCUT2D eigenvalue weighted by atomic mass is 32.2. The number of allylic oxidation sites excluding steroid dienone is 1. The predicted molar refractivity (Wildman–Crippen MR) is 192 cm³/mol. The lowest BCUT2D eigenvalue weighted by molar-refractivity contribution is -0.122. The fraction of sp³-hybridized carbons (Fsp3) is 0.282. The summed E-state index contributed by atoms with van der Waals surface area (Å²) in [7, 11) is 0. The van der Waals surface area contributed by atoms with Gasteiger partial charge in [-0.05, 0) is 116 Å². The van der Waals surface area contributed by atoms with E-state index in [0.717, 1.165) is 35.5 Å². The molecule has 0 unspecified atom stereocenters. The van der Waals surface area contributed by atoms with Crippen LogP contribution in [0.25, 0.3) is 16.8 Å². The van der Waals surface area contributed by atoms with Gasteiger partial charge in [-0.1, -0.05) is 48.5 Å². The molecule has 6 rings (SSSR count). The molecule has 7 heteroatoms. The highest BCUT2D eigenvalue weighted by molar-refractivity contribution is 8.18. The van der Waals surface area contributed by atoms with Crippen molar-refractivity contribution in [3.05, 3.63) is 113 Å². The van der Waals surface area contributed by atoms with E-state index in [2.05, 4.69) is 60.0 Å². The van der Waals surface area contributed by atoms with Gasteiger partial charge in [-0.3, -0.25) is 9.69 Å². The lowest BCUT2D eigenvalue weighted by Gasteiger charge is -2.28. The zero-order chi connectivity index (χ0) is 31.9. The lowest BCUT2D eigenvalue weighted by Crippen LogP contribution is -2.29. The Balaban J connectivity index is 1.26. The quantitative estimate of drug-likeness (QED) is 0.122. The van der Waals surface area contributed by atoms with Crippen molar-refractivity contribution in [3.8, 4) is 11.5 Å². The summed E-state index contributed by atoms with van der Waals surface area (Å²) < 4.78 is 12.6. The number of hydrogen-bond donors (Lipinski definition) is 0.